The Hall–Kier alpha value is -2.68. The van der Waals surface area contributed by atoms with Crippen LogP contribution in [0.2, 0.25) is 0 Å². The third-order valence-electron chi connectivity index (χ3n) is 1.91. The largest absolute Gasteiger partial charge is 0.434 e. The van der Waals surface area contributed by atoms with Crippen LogP contribution in [0.5, 0.6) is 11.6 Å². The average Bonchev–Trinajstić information content (AvgIpc) is 2.32. The Balaban J connectivity index is 2.28. The molecule has 1 aromatic carbocycles. The highest BCUT2D eigenvalue weighted by atomic mass is 19.1. The van der Waals surface area contributed by atoms with Gasteiger partial charge in [0, 0.05) is 0 Å². The number of hydrogen-bond acceptors (Lipinski definition) is 5. The molecule has 0 aliphatic carbocycles. The van der Waals surface area contributed by atoms with Crippen LogP contribution in [0.25, 0.3) is 0 Å². The maximum Gasteiger partial charge on any atom is 0.239 e. The Morgan fingerprint density at radius 3 is 2.82 bits per heavy atom. The number of anilines is 1. The van der Waals surface area contributed by atoms with Gasteiger partial charge in [0.05, 0.1) is 24.0 Å². The number of nitriles is 1. The highest BCUT2D eigenvalue weighted by molar-refractivity contribution is 5.38. The number of nitrogens with two attached hydrogens (primary N) is 1. The van der Waals surface area contributed by atoms with E-state index in [2.05, 4.69) is 9.97 Å². The van der Waals surface area contributed by atoms with Crippen molar-refractivity contribution in [3.8, 4) is 17.7 Å². The van der Waals surface area contributed by atoms with E-state index in [9.17, 15) is 4.39 Å². The fraction of sp³-hybridized carbons (Fsp3) is 0. The summed E-state index contributed by atoms with van der Waals surface area (Å²) in [5.41, 5.74) is 5.62. The number of rotatable bonds is 2. The van der Waals surface area contributed by atoms with E-state index < -0.39 is 5.82 Å². The Kier molecular flexibility index (Phi) is 2.83. The second-order valence-corrected chi connectivity index (χ2v) is 3.14. The van der Waals surface area contributed by atoms with Crippen LogP contribution < -0.4 is 10.5 Å². The molecule has 0 bridgehead atoms. The third-order valence-corrected chi connectivity index (χ3v) is 1.91. The van der Waals surface area contributed by atoms with Crippen LogP contribution in [0.15, 0.2) is 30.6 Å². The molecule has 5 nitrogen and oxygen atoms in total. The van der Waals surface area contributed by atoms with Gasteiger partial charge in [0.2, 0.25) is 5.88 Å². The molecule has 0 spiro atoms. The number of aromatic nitrogens is 2. The van der Waals surface area contributed by atoms with Crippen molar-refractivity contribution in [3.63, 3.8) is 0 Å². The molecule has 0 saturated heterocycles. The SMILES string of the molecule is N#Cc1ccc(Oc2cncc(N)n2)c(F)c1. The fourth-order valence-electron chi connectivity index (χ4n) is 1.18. The van der Waals surface area contributed by atoms with Crippen molar-refractivity contribution >= 4 is 5.82 Å². The molecule has 2 aromatic rings. The molecule has 0 amide bonds. The van der Waals surface area contributed by atoms with Gasteiger partial charge in [-0.2, -0.15) is 10.2 Å². The molecule has 1 aromatic heterocycles. The first-order valence-electron chi connectivity index (χ1n) is 4.64. The van der Waals surface area contributed by atoms with Crippen LogP contribution in [0.4, 0.5) is 10.2 Å². The Morgan fingerprint density at radius 1 is 1.35 bits per heavy atom. The summed E-state index contributed by atoms with van der Waals surface area (Å²) in [5.74, 6) is -0.415. The maximum absolute atomic E-state index is 13.5. The third kappa shape index (κ3) is 2.46. The van der Waals surface area contributed by atoms with Crippen LogP contribution in [0, 0.1) is 17.1 Å². The van der Waals surface area contributed by atoms with Gasteiger partial charge in [-0.25, -0.2) is 4.39 Å². The molecular formula is C11H7FN4O. The smallest absolute Gasteiger partial charge is 0.239 e. The number of benzene rings is 1. The van der Waals surface area contributed by atoms with E-state index >= 15 is 0 Å². The molecule has 0 unspecified atom stereocenters. The quantitative estimate of drug-likeness (QED) is 0.851. The molecule has 0 fully saturated rings. The van der Waals surface area contributed by atoms with Crippen LogP contribution in [-0.2, 0) is 0 Å². The predicted molar refractivity (Wildman–Crippen MR) is 57.6 cm³/mol. The van der Waals surface area contributed by atoms with E-state index in [0.29, 0.717) is 0 Å². The minimum atomic E-state index is -0.645. The summed E-state index contributed by atoms with van der Waals surface area (Å²) in [6.45, 7) is 0. The van der Waals surface area contributed by atoms with E-state index in [1.807, 2.05) is 6.07 Å². The lowest BCUT2D eigenvalue weighted by atomic mass is 10.2. The van der Waals surface area contributed by atoms with Crippen molar-refractivity contribution in [1.82, 2.24) is 9.97 Å². The van der Waals surface area contributed by atoms with Crippen molar-refractivity contribution in [2.24, 2.45) is 0 Å². The van der Waals surface area contributed by atoms with Crippen LogP contribution >= 0.6 is 0 Å². The first kappa shape index (κ1) is 10.8. The van der Waals surface area contributed by atoms with Crippen LogP contribution in [-0.4, -0.2) is 9.97 Å². The molecule has 84 valence electrons. The molecule has 2 N–H and O–H groups in total. The molecule has 2 rings (SSSR count). The Labute approximate surface area is 96.3 Å². The minimum absolute atomic E-state index is 0.0381. The van der Waals surface area contributed by atoms with Gasteiger partial charge in [-0.15, -0.1) is 0 Å². The lowest BCUT2D eigenvalue weighted by Crippen LogP contribution is -1.96. The number of hydrogen-bond donors (Lipinski definition) is 1. The molecule has 0 atom stereocenters. The minimum Gasteiger partial charge on any atom is -0.434 e. The van der Waals surface area contributed by atoms with Crippen molar-refractivity contribution in [2.75, 3.05) is 5.73 Å². The van der Waals surface area contributed by atoms with Crippen molar-refractivity contribution in [2.45, 2.75) is 0 Å². The molecule has 0 aliphatic rings. The second kappa shape index (κ2) is 4.45. The number of nitrogens with zero attached hydrogens (tertiary/aromatic N) is 3. The molecule has 0 aliphatic heterocycles. The Bertz CT molecular complexity index is 594. The topological polar surface area (TPSA) is 84.8 Å². The fourth-order valence-corrected chi connectivity index (χ4v) is 1.18. The molecule has 0 saturated carbocycles. The average molecular weight is 230 g/mol. The zero-order valence-corrected chi connectivity index (χ0v) is 8.59. The van der Waals surface area contributed by atoms with Gasteiger partial charge < -0.3 is 10.5 Å². The molecule has 6 heteroatoms. The van der Waals surface area contributed by atoms with Crippen molar-refractivity contribution < 1.29 is 9.13 Å². The maximum atomic E-state index is 13.5. The van der Waals surface area contributed by atoms with E-state index in [1.165, 1.54) is 24.5 Å². The normalized spacial score (nSPS) is 9.65. The highest BCUT2D eigenvalue weighted by Crippen LogP contribution is 2.23. The van der Waals surface area contributed by atoms with Gasteiger partial charge in [-0.1, -0.05) is 0 Å². The summed E-state index contributed by atoms with van der Waals surface area (Å²) < 4.78 is 18.6. The summed E-state index contributed by atoms with van der Waals surface area (Å²) in [6.07, 6.45) is 2.66. The van der Waals surface area contributed by atoms with Gasteiger partial charge in [0.25, 0.3) is 0 Å². The summed E-state index contributed by atoms with van der Waals surface area (Å²) >= 11 is 0. The molecule has 17 heavy (non-hydrogen) atoms. The summed E-state index contributed by atoms with van der Waals surface area (Å²) in [5, 5.41) is 8.58. The summed E-state index contributed by atoms with van der Waals surface area (Å²) in [7, 11) is 0. The lowest BCUT2D eigenvalue weighted by molar-refractivity contribution is 0.426. The number of ether oxygens (including phenoxy) is 1. The molecular weight excluding hydrogens is 223 g/mol. The van der Waals surface area contributed by atoms with Crippen LogP contribution in [0.3, 0.4) is 0 Å². The Morgan fingerprint density at radius 2 is 2.18 bits per heavy atom. The van der Waals surface area contributed by atoms with Gasteiger partial charge in [0.1, 0.15) is 5.82 Å². The first-order chi connectivity index (χ1) is 8.19. The predicted octanol–water partition coefficient (Wildman–Crippen LogP) is 1.86. The monoisotopic (exact) mass is 230 g/mol. The van der Waals surface area contributed by atoms with Gasteiger partial charge in [0.15, 0.2) is 11.6 Å². The van der Waals surface area contributed by atoms with Crippen molar-refractivity contribution in [1.29, 1.82) is 5.26 Å². The van der Waals surface area contributed by atoms with Gasteiger partial charge in [-0.05, 0) is 18.2 Å². The standard InChI is InChI=1S/C11H7FN4O/c12-8-3-7(4-13)1-2-9(8)17-11-6-15-5-10(14)16-11/h1-3,5-6H,(H2,14,16). The van der Waals surface area contributed by atoms with Crippen LogP contribution in [0.1, 0.15) is 5.56 Å². The molecule has 1 heterocycles. The van der Waals surface area contributed by atoms with E-state index in [0.717, 1.165) is 6.07 Å². The summed E-state index contributed by atoms with van der Waals surface area (Å²) in [4.78, 5) is 7.57. The molecule has 0 radical (unpaired) electrons. The second-order valence-electron chi connectivity index (χ2n) is 3.14. The van der Waals surface area contributed by atoms with Gasteiger partial charge in [-0.3, -0.25) is 4.98 Å². The zero-order chi connectivity index (χ0) is 12.3. The van der Waals surface area contributed by atoms with Crippen molar-refractivity contribution in [3.05, 3.63) is 42.0 Å². The first-order valence-corrected chi connectivity index (χ1v) is 4.64. The lowest BCUT2D eigenvalue weighted by Gasteiger charge is -2.05. The van der Waals surface area contributed by atoms with E-state index in [-0.39, 0.29) is 23.0 Å². The van der Waals surface area contributed by atoms with E-state index in [1.54, 1.807) is 0 Å². The number of halogens is 1. The highest BCUT2D eigenvalue weighted by Gasteiger charge is 2.07. The van der Waals surface area contributed by atoms with Gasteiger partial charge >= 0.3 is 0 Å². The van der Waals surface area contributed by atoms with E-state index in [4.69, 9.17) is 15.7 Å². The number of nitrogen functional groups attached to an aromatic ring is 1. The summed E-state index contributed by atoms with van der Waals surface area (Å²) in [6, 6.07) is 5.69. The zero-order valence-electron chi connectivity index (χ0n) is 8.59.